The molecule has 0 bridgehead atoms. The monoisotopic (exact) mass is 439 g/mol. The fourth-order valence-corrected chi connectivity index (χ4v) is 2.59. The lowest BCUT2D eigenvalue weighted by atomic mass is 9.99. The molecule has 30 heavy (non-hydrogen) atoms. The summed E-state index contributed by atoms with van der Waals surface area (Å²) in [5.41, 5.74) is -6.12. The maximum atomic E-state index is 14.0. The SMILES string of the molecule is O=Cc1cc(-c2c(F)c(F)c(F)c(F)c2F)cnc1-c1c(F)c(F)c(F)c(F)c1F. The van der Waals surface area contributed by atoms with Crippen LogP contribution in [-0.4, -0.2) is 11.3 Å². The fraction of sp³-hybridized carbons (Fsp3) is 0. The average Bonchev–Trinajstić information content (AvgIpc) is 2.74. The van der Waals surface area contributed by atoms with Gasteiger partial charge in [-0.25, -0.2) is 43.9 Å². The molecule has 0 N–H and O–H groups in total. The van der Waals surface area contributed by atoms with E-state index in [1.807, 2.05) is 0 Å². The van der Waals surface area contributed by atoms with Gasteiger partial charge >= 0.3 is 0 Å². The summed E-state index contributed by atoms with van der Waals surface area (Å²) in [6.07, 6.45) is 0.106. The van der Waals surface area contributed by atoms with Crippen molar-refractivity contribution in [2.24, 2.45) is 0 Å². The van der Waals surface area contributed by atoms with Crippen LogP contribution in [0, 0.1) is 58.2 Å². The molecule has 156 valence electrons. The van der Waals surface area contributed by atoms with E-state index < -0.39 is 86.1 Å². The molecule has 3 rings (SSSR count). The highest BCUT2D eigenvalue weighted by molar-refractivity contribution is 5.88. The third-order valence-corrected chi connectivity index (χ3v) is 3.99. The van der Waals surface area contributed by atoms with Crippen LogP contribution >= 0.6 is 0 Å². The first-order valence-electron chi connectivity index (χ1n) is 7.51. The maximum absolute atomic E-state index is 14.0. The van der Waals surface area contributed by atoms with Crippen molar-refractivity contribution in [2.75, 3.05) is 0 Å². The first kappa shape index (κ1) is 21.3. The van der Waals surface area contributed by atoms with Gasteiger partial charge in [0.1, 0.15) is 0 Å². The normalized spacial score (nSPS) is 11.1. The quantitative estimate of drug-likeness (QED) is 0.230. The Bertz CT molecular complexity index is 1170. The van der Waals surface area contributed by atoms with Crippen molar-refractivity contribution in [2.45, 2.75) is 0 Å². The number of hydrogen-bond donors (Lipinski definition) is 0. The number of pyridine rings is 1. The minimum Gasteiger partial charge on any atom is -0.298 e. The minimum atomic E-state index is -2.49. The van der Waals surface area contributed by atoms with Gasteiger partial charge in [0.15, 0.2) is 52.8 Å². The van der Waals surface area contributed by atoms with E-state index in [2.05, 4.69) is 4.98 Å². The minimum absolute atomic E-state index is 0.226. The molecule has 0 radical (unpaired) electrons. The predicted octanol–water partition coefficient (Wildman–Crippen LogP) is 5.62. The summed E-state index contributed by atoms with van der Waals surface area (Å²) in [5, 5.41) is 0. The lowest BCUT2D eigenvalue weighted by molar-refractivity contribution is 0.112. The van der Waals surface area contributed by atoms with Gasteiger partial charge in [0.05, 0.1) is 16.8 Å². The zero-order chi connectivity index (χ0) is 22.5. The molecule has 12 heteroatoms. The summed E-state index contributed by atoms with van der Waals surface area (Å²) in [6, 6.07) is 0.408. The second kappa shape index (κ2) is 7.43. The van der Waals surface area contributed by atoms with Gasteiger partial charge in [-0.2, -0.15) is 0 Å². The largest absolute Gasteiger partial charge is 0.298 e. The first-order chi connectivity index (χ1) is 14.0. The van der Waals surface area contributed by atoms with Gasteiger partial charge in [0.2, 0.25) is 11.6 Å². The summed E-state index contributed by atoms with van der Waals surface area (Å²) in [7, 11) is 0. The highest BCUT2D eigenvalue weighted by Crippen LogP contribution is 2.36. The average molecular weight is 439 g/mol. The summed E-state index contributed by atoms with van der Waals surface area (Å²) < 4.78 is 136. The van der Waals surface area contributed by atoms with E-state index in [9.17, 15) is 48.7 Å². The van der Waals surface area contributed by atoms with E-state index >= 15 is 0 Å². The molecule has 1 aromatic heterocycles. The van der Waals surface area contributed by atoms with Crippen LogP contribution in [0.25, 0.3) is 22.4 Å². The van der Waals surface area contributed by atoms with Crippen LogP contribution in [0.3, 0.4) is 0 Å². The second-order valence-electron chi connectivity index (χ2n) is 5.67. The van der Waals surface area contributed by atoms with Crippen LogP contribution in [0.1, 0.15) is 10.4 Å². The summed E-state index contributed by atoms with van der Waals surface area (Å²) in [5.74, 6) is -23.6. The molecule has 0 saturated heterocycles. The third-order valence-electron chi connectivity index (χ3n) is 3.99. The molecule has 0 aliphatic rings. The van der Waals surface area contributed by atoms with Crippen LogP contribution in [0.4, 0.5) is 43.9 Å². The van der Waals surface area contributed by atoms with Crippen molar-refractivity contribution in [3.63, 3.8) is 0 Å². The molecule has 0 fully saturated rings. The molecule has 0 aliphatic carbocycles. The molecular formula is C18H3F10NO. The number of carbonyl (C=O) groups excluding carboxylic acids is 1. The van der Waals surface area contributed by atoms with Crippen molar-refractivity contribution >= 4 is 6.29 Å². The van der Waals surface area contributed by atoms with Gasteiger partial charge in [0, 0.05) is 17.3 Å². The van der Waals surface area contributed by atoms with Crippen LogP contribution in [0.2, 0.25) is 0 Å². The van der Waals surface area contributed by atoms with Gasteiger partial charge in [0.25, 0.3) is 0 Å². The number of nitrogens with zero attached hydrogens (tertiary/aromatic N) is 1. The van der Waals surface area contributed by atoms with E-state index in [1.54, 1.807) is 0 Å². The topological polar surface area (TPSA) is 30.0 Å². The van der Waals surface area contributed by atoms with Crippen LogP contribution in [-0.2, 0) is 0 Å². The molecular weight excluding hydrogens is 436 g/mol. The van der Waals surface area contributed by atoms with Crippen LogP contribution < -0.4 is 0 Å². The number of halogens is 10. The van der Waals surface area contributed by atoms with E-state index in [-0.39, 0.29) is 6.29 Å². The van der Waals surface area contributed by atoms with E-state index in [1.165, 1.54) is 0 Å². The van der Waals surface area contributed by atoms with Crippen molar-refractivity contribution in [3.8, 4) is 22.4 Å². The lowest BCUT2D eigenvalue weighted by Crippen LogP contribution is -2.08. The highest BCUT2D eigenvalue weighted by atomic mass is 19.2. The van der Waals surface area contributed by atoms with Crippen molar-refractivity contribution in [1.82, 2.24) is 4.98 Å². The number of benzene rings is 2. The zero-order valence-corrected chi connectivity index (χ0v) is 13.9. The standard InChI is InChI=1S/C18H3F10NO/c19-8-6(9(20)13(24)16(27)12(8)23)4-1-5(3-30)18(29-2-4)7-10(21)14(25)17(28)15(26)11(7)22/h1-3H. The first-order valence-corrected chi connectivity index (χ1v) is 7.51. The number of rotatable bonds is 3. The summed E-state index contributed by atoms with van der Waals surface area (Å²) in [6.45, 7) is 0. The smallest absolute Gasteiger partial charge is 0.200 e. The number of aldehydes is 1. The maximum Gasteiger partial charge on any atom is 0.200 e. The molecule has 0 aliphatic heterocycles. The van der Waals surface area contributed by atoms with Gasteiger partial charge < -0.3 is 0 Å². The molecule has 0 saturated carbocycles. The Morgan fingerprint density at radius 2 is 0.933 bits per heavy atom. The lowest BCUT2D eigenvalue weighted by Gasteiger charge is -2.12. The second-order valence-corrected chi connectivity index (χ2v) is 5.67. The molecule has 0 spiro atoms. The van der Waals surface area contributed by atoms with Gasteiger partial charge in [-0.05, 0) is 6.07 Å². The Labute approximate surface area is 159 Å². The van der Waals surface area contributed by atoms with Crippen molar-refractivity contribution < 1.29 is 48.7 Å². The molecule has 2 aromatic carbocycles. The Balaban J connectivity index is 2.32. The van der Waals surface area contributed by atoms with Crippen molar-refractivity contribution in [3.05, 3.63) is 76.0 Å². The zero-order valence-electron chi connectivity index (χ0n) is 13.9. The van der Waals surface area contributed by atoms with E-state index in [0.29, 0.717) is 12.3 Å². The van der Waals surface area contributed by atoms with Crippen LogP contribution in [0.15, 0.2) is 12.3 Å². The number of aromatic nitrogens is 1. The molecule has 3 aromatic rings. The molecule has 0 unspecified atom stereocenters. The Morgan fingerprint density at radius 1 is 0.567 bits per heavy atom. The van der Waals surface area contributed by atoms with Gasteiger partial charge in [-0.3, -0.25) is 9.78 Å². The van der Waals surface area contributed by atoms with E-state index in [0.717, 1.165) is 0 Å². The number of hydrogen-bond acceptors (Lipinski definition) is 2. The molecule has 2 nitrogen and oxygen atoms in total. The third kappa shape index (κ3) is 2.99. The summed E-state index contributed by atoms with van der Waals surface area (Å²) >= 11 is 0. The predicted molar refractivity (Wildman–Crippen MR) is 80.1 cm³/mol. The Hall–Kier alpha value is -3.44. The van der Waals surface area contributed by atoms with E-state index in [4.69, 9.17) is 0 Å². The van der Waals surface area contributed by atoms with Gasteiger partial charge in [-0.1, -0.05) is 0 Å². The molecule has 0 atom stereocenters. The molecule has 0 amide bonds. The Kier molecular flexibility index (Phi) is 5.27. The highest BCUT2D eigenvalue weighted by Gasteiger charge is 2.30. The van der Waals surface area contributed by atoms with Crippen molar-refractivity contribution in [1.29, 1.82) is 0 Å². The summed E-state index contributed by atoms with van der Waals surface area (Å²) in [4.78, 5) is 14.5. The number of carbonyl (C=O) groups is 1. The van der Waals surface area contributed by atoms with Gasteiger partial charge in [-0.15, -0.1) is 0 Å². The fourth-order valence-electron chi connectivity index (χ4n) is 2.59. The molecule has 1 heterocycles. The van der Waals surface area contributed by atoms with Crippen LogP contribution in [0.5, 0.6) is 0 Å². The Morgan fingerprint density at radius 3 is 1.33 bits per heavy atom.